The number of fused-ring (bicyclic) bond motifs is 6. The molecule has 3 aromatic heterocycles. The minimum Gasteiger partial charge on any atom is -0.496 e. The molecule has 3 aliphatic rings. The van der Waals surface area contributed by atoms with Gasteiger partial charge < -0.3 is 24.4 Å². The lowest BCUT2D eigenvalue weighted by Crippen LogP contribution is -2.48. The quantitative estimate of drug-likeness (QED) is 0.122. The minimum absolute atomic E-state index is 0.0543. The molecule has 0 saturated carbocycles. The van der Waals surface area contributed by atoms with E-state index in [0.717, 1.165) is 83.1 Å². The number of carboxylic acid groups (broad SMARTS) is 1. The molecule has 0 radical (unpaired) electrons. The van der Waals surface area contributed by atoms with E-state index in [4.69, 9.17) is 30.8 Å². The molecule has 1 saturated heterocycles. The van der Waals surface area contributed by atoms with Gasteiger partial charge in [-0.3, -0.25) is 14.7 Å². The number of benzene rings is 4. The number of carboxylic acids is 1. The van der Waals surface area contributed by atoms with Crippen LogP contribution in [0, 0.1) is 12.7 Å². The van der Waals surface area contributed by atoms with Crippen molar-refractivity contribution in [1.82, 2.24) is 34.6 Å². The van der Waals surface area contributed by atoms with Crippen molar-refractivity contribution < 1.29 is 33.6 Å². The Balaban J connectivity index is 1.12. The molecule has 16 heteroatoms. The number of aliphatic carboxylic acids is 1. The summed E-state index contributed by atoms with van der Waals surface area (Å²) in [6.45, 7) is 9.12. The number of rotatable bonds is 12. The Hall–Kier alpha value is -6.07. The molecule has 6 heterocycles. The number of aliphatic hydroxyl groups excluding tert-OH is 1. The third-order valence-electron chi connectivity index (χ3n) is 12.2. The smallest absolute Gasteiger partial charge is 0.345 e. The summed E-state index contributed by atoms with van der Waals surface area (Å²) in [6, 6.07) is 25.6. The maximum Gasteiger partial charge on any atom is 0.345 e. The van der Waals surface area contributed by atoms with Crippen molar-refractivity contribution in [3.63, 3.8) is 0 Å². The van der Waals surface area contributed by atoms with Gasteiger partial charge >= 0.3 is 5.97 Å². The number of aliphatic hydroxyl groups is 1. The van der Waals surface area contributed by atoms with E-state index in [2.05, 4.69) is 29.7 Å². The molecule has 2 N–H and O–H groups in total. The van der Waals surface area contributed by atoms with E-state index in [0.29, 0.717) is 63.5 Å². The van der Waals surface area contributed by atoms with E-state index in [9.17, 15) is 19.4 Å². The predicted octanol–water partition coefficient (Wildman–Crippen LogP) is 8.17. The number of β-amino-alcohol motifs (C(OH)–C–C–N with tert-alkyl or cyclic N) is 1. The molecular formula is C50H49ClFN7O6S. The summed E-state index contributed by atoms with van der Waals surface area (Å²) in [5.41, 5.74) is 7.02. The van der Waals surface area contributed by atoms with E-state index in [1.54, 1.807) is 31.5 Å². The van der Waals surface area contributed by atoms with Crippen LogP contribution in [0.5, 0.6) is 17.4 Å². The molecule has 10 rings (SSSR count). The Labute approximate surface area is 391 Å². The first-order chi connectivity index (χ1) is 32.1. The molecule has 3 aliphatic heterocycles. The van der Waals surface area contributed by atoms with Gasteiger partial charge in [-0.15, -0.1) is 11.3 Å². The number of methoxy groups -OCH3 is 1. The number of hydrogen-bond acceptors (Lipinski definition) is 13. The molecule has 1 fully saturated rings. The monoisotopic (exact) mass is 929 g/mol. The van der Waals surface area contributed by atoms with E-state index in [1.807, 2.05) is 61.5 Å². The fourth-order valence-electron chi connectivity index (χ4n) is 8.70. The van der Waals surface area contributed by atoms with Gasteiger partial charge in [0.05, 0.1) is 30.4 Å². The first-order valence-corrected chi connectivity index (χ1v) is 23.0. The van der Waals surface area contributed by atoms with Crippen molar-refractivity contribution in [1.29, 1.82) is 0 Å². The lowest BCUT2D eigenvalue weighted by Gasteiger charge is -2.35. The van der Waals surface area contributed by atoms with Gasteiger partial charge in [-0.1, -0.05) is 60.1 Å². The average molecular weight is 931 g/mol. The second-order valence-electron chi connectivity index (χ2n) is 16.5. The van der Waals surface area contributed by atoms with Gasteiger partial charge in [0.25, 0.3) is 0 Å². The van der Waals surface area contributed by atoms with Gasteiger partial charge in [0.2, 0.25) is 12.0 Å². The molecule has 0 unspecified atom stereocenters. The molecule has 66 heavy (non-hydrogen) atoms. The number of halogens is 2. The van der Waals surface area contributed by atoms with Crippen LogP contribution in [-0.2, 0) is 30.9 Å². The third-order valence-corrected chi connectivity index (χ3v) is 13.9. The zero-order valence-electron chi connectivity index (χ0n) is 36.6. The Kier molecular flexibility index (Phi) is 13.8. The number of thiophene rings is 1. The van der Waals surface area contributed by atoms with E-state index < -0.39 is 12.1 Å². The standard InChI is InChI=1S/C50H49ClFN7O6S/c1-31-38-13-10-34(45(31)51)28-59(22-21-57-17-19-58(20-18-57)23-24-60)27-32-7-14-40(64-29-37-15-16-53-47(56-37)39-5-3-4-6-41(39)63-2)35(25-32)26-42(50(61)62)65-48-44-43(38)46(66-49(44)55-30-54-48)33-8-11-36(52)12-9-33/h3-16,25,30,42,60H,17-24,26-29H2,1-2H3,(H,61,62)/t42-/m1/s1. The molecule has 0 aliphatic carbocycles. The summed E-state index contributed by atoms with van der Waals surface area (Å²) in [5, 5.41) is 21.5. The van der Waals surface area contributed by atoms with Crippen molar-refractivity contribution >= 4 is 39.1 Å². The van der Waals surface area contributed by atoms with Gasteiger partial charge in [-0.05, 0) is 76.7 Å². The third kappa shape index (κ3) is 9.87. The highest BCUT2D eigenvalue weighted by molar-refractivity contribution is 7.22. The molecular weight excluding hydrogens is 881 g/mol. The molecule has 0 spiro atoms. The first-order valence-electron chi connectivity index (χ1n) is 21.8. The number of ether oxygens (including phenoxy) is 3. The SMILES string of the molecule is COc1ccccc1-c1nccc(COc2ccc3cc2C[C@H](C(=O)O)Oc2ncnc4sc(-c5ccc(F)cc5)c(c24)-c2ccc(c(Cl)c2C)CN(CCN2CCN(CCO)CC2)C3)n1. The second-order valence-corrected chi connectivity index (χ2v) is 17.8. The van der Waals surface area contributed by atoms with Gasteiger partial charge in [0.15, 0.2) is 5.82 Å². The Morgan fingerprint density at radius 2 is 1.65 bits per heavy atom. The van der Waals surface area contributed by atoms with Crippen LogP contribution >= 0.6 is 22.9 Å². The van der Waals surface area contributed by atoms with Crippen LogP contribution in [0.15, 0.2) is 97.5 Å². The molecule has 4 bridgehead atoms. The highest BCUT2D eigenvalue weighted by Gasteiger charge is 2.29. The first kappa shape index (κ1) is 45.1. The minimum atomic E-state index is -1.39. The van der Waals surface area contributed by atoms with E-state index in [-0.39, 0.29) is 31.3 Å². The molecule has 340 valence electrons. The largest absolute Gasteiger partial charge is 0.496 e. The second kappa shape index (κ2) is 20.2. The van der Waals surface area contributed by atoms with Gasteiger partial charge in [0, 0.05) is 87.0 Å². The number of carbonyl (C=O) groups is 1. The van der Waals surface area contributed by atoms with Crippen LogP contribution in [-0.4, -0.2) is 116 Å². The fraction of sp³-hybridized carbons (Fsp3) is 0.300. The van der Waals surface area contributed by atoms with Gasteiger partial charge in [-0.25, -0.2) is 29.1 Å². The maximum absolute atomic E-state index is 14.3. The average Bonchev–Trinajstić information content (AvgIpc) is 3.72. The molecule has 4 aromatic carbocycles. The highest BCUT2D eigenvalue weighted by Crippen LogP contribution is 2.49. The van der Waals surface area contributed by atoms with Crippen LogP contribution < -0.4 is 14.2 Å². The van der Waals surface area contributed by atoms with E-state index in [1.165, 1.54) is 29.8 Å². The summed E-state index contributed by atoms with van der Waals surface area (Å²) < 4.78 is 32.9. The fourth-order valence-corrected chi connectivity index (χ4v) is 10.1. The molecule has 0 amide bonds. The van der Waals surface area contributed by atoms with Gasteiger partial charge in [-0.2, -0.15) is 0 Å². The Morgan fingerprint density at radius 1 is 0.879 bits per heavy atom. The number of nitrogens with zero attached hydrogens (tertiary/aromatic N) is 7. The number of piperazine rings is 1. The van der Waals surface area contributed by atoms with Crippen molar-refractivity contribution in [3.8, 4) is 50.3 Å². The number of para-hydroxylation sites is 1. The normalized spacial score (nSPS) is 16.0. The predicted molar refractivity (Wildman–Crippen MR) is 253 cm³/mol. The Morgan fingerprint density at radius 3 is 2.42 bits per heavy atom. The lowest BCUT2D eigenvalue weighted by molar-refractivity contribution is -0.145. The summed E-state index contributed by atoms with van der Waals surface area (Å²) in [6.07, 6.45) is 1.60. The highest BCUT2D eigenvalue weighted by atomic mass is 35.5. The van der Waals surface area contributed by atoms with Crippen LogP contribution in [0.1, 0.15) is 27.9 Å². The van der Waals surface area contributed by atoms with Crippen molar-refractivity contribution in [2.24, 2.45) is 0 Å². The van der Waals surface area contributed by atoms with Crippen LogP contribution in [0.3, 0.4) is 0 Å². The summed E-state index contributed by atoms with van der Waals surface area (Å²) in [5.74, 6) is 0.165. The zero-order chi connectivity index (χ0) is 45.7. The van der Waals surface area contributed by atoms with Gasteiger partial charge in [0.1, 0.15) is 35.1 Å². The summed E-state index contributed by atoms with van der Waals surface area (Å²) in [7, 11) is 1.60. The topological polar surface area (TPSA) is 146 Å². The van der Waals surface area contributed by atoms with Crippen LogP contribution in [0.2, 0.25) is 5.02 Å². The molecule has 7 aromatic rings. The summed E-state index contributed by atoms with van der Waals surface area (Å²) in [4.78, 5) is 40.2. The zero-order valence-corrected chi connectivity index (χ0v) is 38.2. The van der Waals surface area contributed by atoms with Crippen LogP contribution in [0.25, 0.3) is 43.2 Å². The number of aromatic nitrogens is 4. The van der Waals surface area contributed by atoms with Crippen molar-refractivity contribution in [3.05, 3.63) is 136 Å². The molecule has 1 atom stereocenters. The van der Waals surface area contributed by atoms with Crippen molar-refractivity contribution in [2.45, 2.75) is 39.1 Å². The maximum atomic E-state index is 14.3. The summed E-state index contributed by atoms with van der Waals surface area (Å²) >= 11 is 8.78. The van der Waals surface area contributed by atoms with E-state index >= 15 is 0 Å². The Bertz CT molecular complexity index is 2860. The molecule has 13 nitrogen and oxygen atoms in total. The van der Waals surface area contributed by atoms with Crippen molar-refractivity contribution in [2.75, 3.05) is 59.5 Å². The van der Waals surface area contributed by atoms with Crippen LogP contribution in [0.4, 0.5) is 4.39 Å². The number of hydrogen-bond donors (Lipinski definition) is 2. The lowest BCUT2D eigenvalue weighted by atomic mass is 9.94.